The minimum atomic E-state index is -1.03. The van der Waals surface area contributed by atoms with Crippen LogP contribution in [0.1, 0.15) is 16.7 Å². The van der Waals surface area contributed by atoms with Crippen molar-refractivity contribution in [2.24, 2.45) is 0 Å². The normalized spacial score (nSPS) is 14.9. The molecular weight excluding hydrogens is 465 g/mol. The zero-order chi connectivity index (χ0) is 24.4. The van der Waals surface area contributed by atoms with Gasteiger partial charge in [-0.3, -0.25) is 25.0 Å². The maximum atomic E-state index is 13.6. The van der Waals surface area contributed by atoms with Crippen molar-refractivity contribution >= 4 is 46.9 Å². The second-order valence-electron chi connectivity index (χ2n) is 7.38. The molecule has 10 heteroatoms. The number of anilines is 1. The van der Waals surface area contributed by atoms with Gasteiger partial charge in [0, 0.05) is 17.2 Å². The molecule has 1 N–H and O–H groups in total. The summed E-state index contributed by atoms with van der Waals surface area (Å²) in [4.78, 5) is 49.2. The van der Waals surface area contributed by atoms with Crippen molar-refractivity contribution in [1.82, 2.24) is 5.32 Å². The molecule has 1 saturated heterocycles. The Morgan fingerprint density at radius 1 is 1.03 bits per heavy atom. The number of non-ortho nitro benzene ring substituents is 1. The summed E-state index contributed by atoms with van der Waals surface area (Å²) >= 11 is 6.13. The molecule has 8 nitrogen and oxygen atoms in total. The number of urea groups is 1. The number of carbonyl (C=O) groups is 3. The zero-order valence-electron chi connectivity index (χ0n) is 17.3. The van der Waals surface area contributed by atoms with Crippen molar-refractivity contribution in [3.05, 3.63) is 110 Å². The van der Waals surface area contributed by atoms with Gasteiger partial charge >= 0.3 is 6.03 Å². The number of hydrogen-bond donors (Lipinski definition) is 1. The van der Waals surface area contributed by atoms with Crippen LogP contribution in [-0.2, 0) is 16.0 Å². The maximum absolute atomic E-state index is 13.6. The van der Waals surface area contributed by atoms with E-state index in [4.69, 9.17) is 11.6 Å². The van der Waals surface area contributed by atoms with Crippen molar-refractivity contribution in [1.29, 1.82) is 0 Å². The van der Waals surface area contributed by atoms with Crippen molar-refractivity contribution in [3.63, 3.8) is 0 Å². The number of rotatable bonds is 5. The third-order valence-electron chi connectivity index (χ3n) is 5.09. The molecule has 0 aliphatic carbocycles. The standard InChI is InChI=1S/C24H15ClFN3O5/c25-17-8-7-15(9-14-3-1-4-18(26)10-14)16(11-17)12-21-22(30)27-24(32)28(23(21)31)19-5-2-6-20(13-19)29(33)34/h1-8,10-13H,9H2,(H,27,30,32)/b21-12+. The van der Waals surface area contributed by atoms with Gasteiger partial charge in [-0.15, -0.1) is 0 Å². The third kappa shape index (κ3) is 4.69. The quantitative estimate of drug-likeness (QED) is 0.248. The number of halogens is 2. The number of nitrogens with one attached hydrogen (secondary N) is 1. The van der Waals surface area contributed by atoms with Crippen LogP contribution in [0.4, 0.5) is 20.6 Å². The van der Waals surface area contributed by atoms with E-state index in [1.807, 2.05) is 0 Å². The summed E-state index contributed by atoms with van der Waals surface area (Å²) in [5.41, 5.74) is 0.975. The minimum absolute atomic E-state index is 0.0684. The highest BCUT2D eigenvalue weighted by atomic mass is 35.5. The molecule has 1 heterocycles. The first-order chi connectivity index (χ1) is 16.2. The van der Waals surface area contributed by atoms with E-state index in [1.54, 1.807) is 24.3 Å². The van der Waals surface area contributed by atoms with Crippen LogP contribution < -0.4 is 10.2 Å². The molecule has 170 valence electrons. The molecule has 1 aliphatic rings. The predicted molar refractivity (Wildman–Crippen MR) is 123 cm³/mol. The van der Waals surface area contributed by atoms with Crippen LogP contribution >= 0.6 is 11.6 Å². The van der Waals surface area contributed by atoms with Crippen LogP contribution in [0.3, 0.4) is 0 Å². The smallest absolute Gasteiger partial charge is 0.273 e. The first-order valence-corrected chi connectivity index (χ1v) is 10.3. The van der Waals surface area contributed by atoms with Crippen LogP contribution in [0, 0.1) is 15.9 Å². The Morgan fingerprint density at radius 2 is 1.79 bits per heavy atom. The molecule has 4 rings (SSSR count). The number of nitro benzene ring substituents is 1. The lowest BCUT2D eigenvalue weighted by atomic mass is 9.97. The van der Waals surface area contributed by atoms with E-state index >= 15 is 0 Å². The Labute approximate surface area is 197 Å². The van der Waals surface area contributed by atoms with Gasteiger partial charge in [-0.2, -0.15) is 0 Å². The van der Waals surface area contributed by atoms with Crippen molar-refractivity contribution in [2.45, 2.75) is 6.42 Å². The molecule has 0 bridgehead atoms. The van der Waals surface area contributed by atoms with Crippen molar-refractivity contribution < 1.29 is 23.7 Å². The van der Waals surface area contributed by atoms with Crippen LogP contribution in [0.5, 0.6) is 0 Å². The van der Waals surface area contributed by atoms with Crippen molar-refractivity contribution in [2.75, 3.05) is 4.90 Å². The molecule has 0 radical (unpaired) electrons. The summed E-state index contributed by atoms with van der Waals surface area (Å²) in [6.07, 6.45) is 1.58. The van der Waals surface area contributed by atoms with E-state index in [-0.39, 0.29) is 23.4 Å². The Morgan fingerprint density at radius 3 is 2.53 bits per heavy atom. The third-order valence-corrected chi connectivity index (χ3v) is 5.33. The van der Waals surface area contributed by atoms with E-state index in [1.165, 1.54) is 42.5 Å². The lowest BCUT2D eigenvalue weighted by Crippen LogP contribution is -2.54. The van der Waals surface area contributed by atoms with E-state index in [0.29, 0.717) is 26.6 Å². The van der Waals surface area contributed by atoms with Crippen molar-refractivity contribution in [3.8, 4) is 0 Å². The number of barbiturate groups is 1. The van der Waals surface area contributed by atoms with Crippen LogP contribution in [0.15, 0.2) is 72.3 Å². The molecule has 3 aromatic rings. The molecule has 0 atom stereocenters. The summed E-state index contributed by atoms with van der Waals surface area (Å²) in [6, 6.07) is 14.7. The fourth-order valence-corrected chi connectivity index (χ4v) is 3.70. The van der Waals surface area contributed by atoms with E-state index in [2.05, 4.69) is 5.32 Å². The molecule has 0 aromatic heterocycles. The summed E-state index contributed by atoms with van der Waals surface area (Å²) < 4.78 is 13.6. The van der Waals surface area contributed by atoms with Crippen LogP contribution in [-0.4, -0.2) is 22.8 Å². The first-order valence-electron chi connectivity index (χ1n) is 9.92. The highest BCUT2D eigenvalue weighted by Gasteiger charge is 2.37. The number of nitro groups is 1. The molecule has 1 fully saturated rings. The largest absolute Gasteiger partial charge is 0.335 e. The van der Waals surface area contributed by atoms with Gasteiger partial charge in [0.05, 0.1) is 10.6 Å². The van der Waals surface area contributed by atoms with E-state index < -0.39 is 28.6 Å². The van der Waals surface area contributed by atoms with Gasteiger partial charge in [-0.05, 0) is 59.5 Å². The number of hydrogen-bond acceptors (Lipinski definition) is 5. The number of imide groups is 2. The molecule has 0 unspecified atom stereocenters. The number of nitrogens with zero attached hydrogens (tertiary/aromatic N) is 2. The van der Waals surface area contributed by atoms with Crippen LogP contribution in [0.2, 0.25) is 5.02 Å². The Kier molecular flexibility index (Phi) is 6.20. The Hall–Kier alpha value is -4.37. The zero-order valence-corrected chi connectivity index (χ0v) is 18.1. The molecule has 3 aromatic carbocycles. The fourth-order valence-electron chi connectivity index (χ4n) is 3.52. The summed E-state index contributed by atoms with van der Waals surface area (Å²) in [6.45, 7) is 0. The van der Waals surface area contributed by atoms with Gasteiger partial charge in [0.2, 0.25) is 0 Å². The lowest BCUT2D eigenvalue weighted by molar-refractivity contribution is -0.384. The Bertz CT molecular complexity index is 1390. The van der Waals surface area contributed by atoms with Gasteiger partial charge in [-0.25, -0.2) is 14.1 Å². The topological polar surface area (TPSA) is 110 Å². The molecule has 1 aliphatic heterocycles. The van der Waals surface area contributed by atoms with Gasteiger partial charge < -0.3 is 0 Å². The second kappa shape index (κ2) is 9.24. The minimum Gasteiger partial charge on any atom is -0.273 e. The second-order valence-corrected chi connectivity index (χ2v) is 7.82. The molecule has 34 heavy (non-hydrogen) atoms. The van der Waals surface area contributed by atoms with E-state index in [0.717, 1.165) is 6.07 Å². The highest BCUT2D eigenvalue weighted by molar-refractivity contribution is 6.39. The SMILES string of the molecule is O=C1NC(=O)N(c2cccc([N+](=O)[O-])c2)C(=O)/C1=C/c1cc(Cl)ccc1Cc1cccc(F)c1. The first kappa shape index (κ1) is 22.8. The summed E-state index contributed by atoms with van der Waals surface area (Å²) in [7, 11) is 0. The number of benzene rings is 3. The van der Waals surface area contributed by atoms with E-state index in [9.17, 15) is 28.9 Å². The summed E-state index contributed by atoms with van der Waals surface area (Å²) in [5.74, 6) is -2.28. The van der Waals surface area contributed by atoms with Gasteiger partial charge in [0.1, 0.15) is 11.4 Å². The van der Waals surface area contributed by atoms with Gasteiger partial charge in [0.25, 0.3) is 17.5 Å². The lowest BCUT2D eigenvalue weighted by Gasteiger charge is -2.26. The van der Waals surface area contributed by atoms with Gasteiger partial charge in [-0.1, -0.05) is 35.9 Å². The fraction of sp³-hybridized carbons (Fsp3) is 0.0417. The monoisotopic (exact) mass is 479 g/mol. The van der Waals surface area contributed by atoms with Crippen LogP contribution in [0.25, 0.3) is 6.08 Å². The number of amides is 4. The Balaban J connectivity index is 1.75. The molecule has 0 spiro atoms. The summed E-state index contributed by atoms with van der Waals surface area (Å²) in [5, 5.41) is 13.5. The highest BCUT2D eigenvalue weighted by Crippen LogP contribution is 2.27. The average Bonchev–Trinajstić information content (AvgIpc) is 2.78. The molecule has 0 saturated carbocycles. The predicted octanol–water partition coefficient (Wildman–Crippen LogP) is 4.64. The molecular formula is C24H15ClFN3O5. The van der Waals surface area contributed by atoms with Gasteiger partial charge in [0.15, 0.2) is 0 Å². The number of carbonyl (C=O) groups excluding carboxylic acids is 3. The average molecular weight is 480 g/mol. The maximum Gasteiger partial charge on any atom is 0.335 e. The molecule has 4 amide bonds.